The van der Waals surface area contributed by atoms with Crippen LogP contribution in [-0.4, -0.2) is 59.1 Å². The molecule has 0 aliphatic carbocycles. The first-order valence-corrected chi connectivity index (χ1v) is 20.9. The van der Waals surface area contributed by atoms with E-state index in [-0.39, 0.29) is 51.1 Å². The molecule has 2 aliphatic rings. The van der Waals surface area contributed by atoms with Gasteiger partial charge in [0.15, 0.2) is 11.6 Å². The van der Waals surface area contributed by atoms with Gasteiger partial charge in [0.25, 0.3) is 0 Å². The molecule has 0 unspecified atom stereocenters. The molecule has 0 spiro atoms. The van der Waals surface area contributed by atoms with E-state index in [0.717, 1.165) is 11.1 Å². The summed E-state index contributed by atoms with van der Waals surface area (Å²) < 4.78 is 23.4. The van der Waals surface area contributed by atoms with Crippen LogP contribution in [0.2, 0.25) is 10.0 Å². The van der Waals surface area contributed by atoms with E-state index in [1.165, 1.54) is 0 Å². The second-order valence-corrected chi connectivity index (χ2v) is 16.8. The SMILES string of the molecule is CC.CCc1ccc(Oc2nc(CC)c(Cl)cc2Cl)cc1C1=C(O)C(C)(C)OC(C)(C)C1=O.CCc1ccc(Oc2ncccn2)cc1C1=C(O)C(C)(C)OC(C)(C)C1=O. The molecule has 11 nitrogen and oxygen atoms in total. The summed E-state index contributed by atoms with van der Waals surface area (Å²) in [5.41, 5.74) is 0.156. The minimum atomic E-state index is -1.08. The molecular formula is C47H57Cl2N3O8. The quantitative estimate of drug-likeness (QED) is 0.165. The number of halogens is 2. The molecule has 4 heterocycles. The summed E-state index contributed by atoms with van der Waals surface area (Å²) in [5.74, 6) is 0.448. The van der Waals surface area contributed by atoms with Gasteiger partial charge in [0, 0.05) is 12.4 Å². The molecule has 2 aromatic heterocycles. The summed E-state index contributed by atoms with van der Waals surface area (Å²) in [6.07, 6.45) is 5.17. The Morgan fingerprint density at radius 2 is 1.05 bits per heavy atom. The molecule has 2 N–H and O–H groups in total. The van der Waals surface area contributed by atoms with Crippen LogP contribution < -0.4 is 9.47 Å². The van der Waals surface area contributed by atoms with E-state index in [0.29, 0.717) is 52.6 Å². The molecule has 0 bridgehead atoms. The number of rotatable bonds is 9. The van der Waals surface area contributed by atoms with Gasteiger partial charge in [0.1, 0.15) is 50.4 Å². The van der Waals surface area contributed by atoms with Crippen LogP contribution in [0.1, 0.15) is 118 Å². The molecule has 13 heteroatoms. The van der Waals surface area contributed by atoms with E-state index in [4.69, 9.17) is 42.1 Å². The standard InChI is InChI=1S/C24H27Cl2NO4.C21H24N2O4.C2H6/c1-7-13-9-10-14(30-22-17(26)12-16(25)18(8-2)27-22)11-15(13)19-20(28)23(3,4)31-24(5,6)21(19)29;1-6-13-8-9-14(26-19-22-10-7-11-23-19)12-15(13)16-17(24)20(2,3)27-21(4,5)18(16)25;1-2/h9-12,28H,7-8H2,1-6H3;7-12,24H,6H2,1-5H3;1-2H3. The molecule has 0 fully saturated rings. The normalized spacial score (nSPS) is 17.6. The number of ketones is 2. The maximum Gasteiger partial charge on any atom is 0.321 e. The maximum absolute atomic E-state index is 13.2. The Balaban J connectivity index is 0.000000256. The summed E-state index contributed by atoms with van der Waals surface area (Å²) in [6.45, 7) is 23.8. The highest BCUT2D eigenvalue weighted by atomic mass is 35.5. The van der Waals surface area contributed by atoms with Crippen molar-refractivity contribution >= 4 is 45.9 Å². The number of carbonyl (C=O) groups is 2. The summed E-state index contributed by atoms with van der Waals surface area (Å²) in [5, 5.41) is 22.5. The number of benzene rings is 2. The Labute approximate surface area is 363 Å². The second kappa shape index (κ2) is 18.8. The van der Waals surface area contributed by atoms with Gasteiger partial charge in [-0.1, -0.05) is 70.0 Å². The highest BCUT2D eigenvalue weighted by Crippen LogP contribution is 2.44. The lowest BCUT2D eigenvalue weighted by atomic mass is 9.81. The fraction of sp³-hybridized carbons (Fsp3) is 0.426. The average molecular weight is 863 g/mol. The van der Waals surface area contributed by atoms with E-state index < -0.39 is 22.4 Å². The fourth-order valence-electron chi connectivity index (χ4n) is 7.06. The first-order chi connectivity index (χ1) is 28.1. The summed E-state index contributed by atoms with van der Waals surface area (Å²) in [4.78, 5) is 38.8. The van der Waals surface area contributed by atoms with Crippen molar-refractivity contribution in [2.45, 2.75) is 132 Å². The molecule has 2 aliphatic heterocycles. The van der Waals surface area contributed by atoms with Gasteiger partial charge in [-0.3, -0.25) is 9.59 Å². The van der Waals surface area contributed by atoms with Crippen LogP contribution in [0.15, 0.2) is 72.4 Å². The second-order valence-electron chi connectivity index (χ2n) is 16.0. The highest BCUT2D eigenvalue weighted by Gasteiger charge is 2.48. The number of aryl methyl sites for hydroxylation is 3. The van der Waals surface area contributed by atoms with Crippen molar-refractivity contribution in [3.63, 3.8) is 0 Å². The summed E-state index contributed by atoms with van der Waals surface area (Å²) in [6, 6.07) is 14.3. The molecule has 60 heavy (non-hydrogen) atoms. The van der Waals surface area contributed by atoms with Gasteiger partial charge in [-0.05, 0) is 133 Å². The number of Topliss-reactive ketones (excluding diaryl/α,β-unsaturated/α-hetero) is 2. The molecule has 322 valence electrons. The summed E-state index contributed by atoms with van der Waals surface area (Å²) in [7, 11) is 0. The van der Waals surface area contributed by atoms with Gasteiger partial charge >= 0.3 is 6.01 Å². The van der Waals surface area contributed by atoms with Gasteiger partial charge < -0.3 is 29.2 Å². The zero-order valence-corrected chi connectivity index (χ0v) is 38.3. The molecule has 0 amide bonds. The molecular weight excluding hydrogens is 805 g/mol. The minimum Gasteiger partial charge on any atom is -0.508 e. The van der Waals surface area contributed by atoms with Crippen LogP contribution in [0.5, 0.6) is 23.4 Å². The van der Waals surface area contributed by atoms with Crippen molar-refractivity contribution in [1.29, 1.82) is 0 Å². The van der Waals surface area contributed by atoms with Gasteiger partial charge in [-0.15, -0.1) is 0 Å². The van der Waals surface area contributed by atoms with E-state index in [1.54, 1.807) is 104 Å². The molecule has 0 atom stereocenters. The number of pyridine rings is 1. The predicted molar refractivity (Wildman–Crippen MR) is 236 cm³/mol. The molecule has 0 radical (unpaired) electrons. The first kappa shape index (κ1) is 47.9. The van der Waals surface area contributed by atoms with Gasteiger partial charge in [-0.2, -0.15) is 0 Å². The topological polar surface area (TPSA) is 150 Å². The van der Waals surface area contributed by atoms with Crippen LogP contribution in [0.25, 0.3) is 11.1 Å². The molecule has 2 aromatic carbocycles. The number of carbonyl (C=O) groups excluding carboxylic acids is 2. The average Bonchev–Trinajstić information content (AvgIpc) is 3.19. The van der Waals surface area contributed by atoms with Crippen LogP contribution in [0.4, 0.5) is 0 Å². The summed E-state index contributed by atoms with van der Waals surface area (Å²) >= 11 is 12.5. The Bertz CT molecular complexity index is 2300. The Morgan fingerprint density at radius 3 is 1.47 bits per heavy atom. The van der Waals surface area contributed by atoms with Gasteiger partial charge in [0.2, 0.25) is 5.88 Å². The third-order valence-corrected chi connectivity index (χ3v) is 10.5. The minimum absolute atomic E-state index is 0.0744. The molecule has 6 rings (SSSR count). The first-order valence-electron chi connectivity index (χ1n) is 20.2. The van der Waals surface area contributed by atoms with Crippen molar-refractivity contribution in [2.75, 3.05) is 0 Å². The molecule has 0 saturated heterocycles. The molecule has 0 saturated carbocycles. The van der Waals surface area contributed by atoms with Crippen LogP contribution in [0, 0.1) is 0 Å². The van der Waals surface area contributed by atoms with Gasteiger partial charge in [0.05, 0.1) is 21.9 Å². The lowest BCUT2D eigenvalue weighted by Gasteiger charge is -2.40. The number of aliphatic hydroxyl groups is 2. The Kier molecular flexibility index (Phi) is 15.0. The number of hydrogen-bond donors (Lipinski definition) is 2. The van der Waals surface area contributed by atoms with Gasteiger partial charge in [-0.25, -0.2) is 15.0 Å². The predicted octanol–water partition coefficient (Wildman–Crippen LogP) is 12.0. The van der Waals surface area contributed by atoms with Crippen LogP contribution >= 0.6 is 23.2 Å². The lowest BCUT2D eigenvalue weighted by Crippen LogP contribution is -2.49. The monoisotopic (exact) mass is 861 g/mol. The third-order valence-electron chi connectivity index (χ3n) is 9.92. The molecule has 4 aromatic rings. The van der Waals surface area contributed by atoms with Crippen LogP contribution in [-0.2, 0) is 38.3 Å². The maximum atomic E-state index is 13.2. The zero-order valence-electron chi connectivity index (χ0n) is 36.8. The number of ether oxygens (including phenoxy) is 4. The number of aromatic nitrogens is 3. The Hall–Kier alpha value is -4.81. The van der Waals surface area contributed by atoms with E-state index >= 15 is 0 Å². The van der Waals surface area contributed by atoms with Crippen molar-refractivity contribution in [2.24, 2.45) is 0 Å². The number of hydrogen-bond acceptors (Lipinski definition) is 11. The smallest absolute Gasteiger partial charge is 0.321 e. The van der Waals surface area contributed by atoms with Crippen molar-refractivity contribution in [1.82, 2.24) is 15.0 Å². The largest absolute Gasteiger partial charge is 0.508 e. The van der Waals surface area contributed by atoms with E-state index in [2.05, 4.69) is 15.0 Å². The van der Waals surface area contributed by atoms with E-state index in [9.17, 15) is 19.8 Å². The van der Waals surface area contributed by atoms with Crippen LogP contribution in [0.3, 0.4) is 0 Å². The lowest BCUT2D eigenvalue weighted by molar-refractivity contribution is -0.158. The van der Waals surface area contributed by atoms with Crippen molar-refractivity contribution in [3.8, 4) is 23.4 Å². The number of nitrogens with zero attached hydrogens (tertiary/aromatic N) is 3. The Morgan fingerprint density at radius 1 is 0.617 bits per heavy atom. The fourth-order valence-corrected chi connectivity index (χ4v) is 7.60. The highest BCUT2D eigenvalue weighted by molar-refractivity contribution is 6.35. The zero-order chi connectivity index (χ0) is 45.0. The van der Waals surface area contributed by atoms with Crippen molar-refractivity contribution in [3.05, 3.63) is 110 Å². The van der Waals surface area contributed by atoms with Crippen molar-refractivity contribution < 1.29 is 38.7 Å². The number of aliphatic hydroxyl groups excluding tert-OH is 2. The van der Waals surface area contributed by atoms with E-state index in [1.807, 2.05) is 46.8 Å². The third kappa shape index (κ3) is 10.2.